The summed E-state index contributed by atoms with van der Waals surface area (Å²) in [5.74, 6) is -1.27. The molecule has 1 amide bonds. The first-order valence-electron chi connectivity index (χ1n) is 5.59. The Balaban J connectivity index is 2.10. The zero-order valence-electron chi connectivity index (χ0n) is 9.92. The summed E-state index contributed by atoms with van der Waals surface area (Å²) in [6, 6.07) is -0.674. The molecule has 1 aliphatic heterocycles. The molecule has 1 atom stereocenters. The number of carboxylic acids is 1. The van der Waals surface area contributed by atoms with Gasteiger partial charge in [0.1, 0.15) is 17.4 Å². The van der Waals surface area contributed by atoms with E-state index in [1.165, 1.54) is 0 Å². The maximum absolute atomic E-state index is 11.7. The topological polar surface area (TPSA) is 109 Å². The van der Waals surface area contributed by atoms with Crippen molar-refractivity contribution in [3.8, 4) is 0 Å². The number of carbonyl (C=O) groups is 2. The number of nitrogens with zero attached hydrogens (tertiary/aromatic N) is 3. The SMILES string of the molecule is Cc1nonc1CN1CCNC(=O)C1CC(=O)O. The molecule has 0 aliphatic carbocycles. The summed E-state index contributed by atoms with van der Waals surface area (Å²) < 4.78 is 4.59. The Bertz CT molecular complexity index is 458. The van der Waals surface area contributed by atoms with Crippen LogP contribution in [0.15, 0.2) is 4.63 Å². The predicted octanol–water partition coefficient (Wildman–Crippen LogP) is -0.847. The number of rotatable bonds is 4. The van der Waals surface area contributed by atoms with Crippen LogP contribution >= 0.6 is 0 Å². The number of carbonyl (C=O) groups excluding carboxylic acids is 1. The minimum absolute atomic E-state index is 0.226. The van der Waals surface area contributed by atoms with E-state index >= 15 is 0 Å². The van der Waals surface area contributed by atoms with E-state index in [1.807, 2.05) is 0 Å². The molecule has 0 spiro atoms. The highest BCUT2D eigenvalue weighted by atomic mass is 16.6. The largest absolute Gasteiger partial charge is 0.481 e. The second kappa shape index (κ2) is 5.13. The fraction of sp³-hybridized carbons (Fsp3) is 0.600. The van der Waals surface area contributed by atoms with Gasteiger partial charge in [0.15, 0.2) is 0 Å². The Morgan fingerprint density at radius 1 is 1.61 bits per heavy atom. The number of amides is 1. The van der Waals surface area contributed by atoms with Gasteiger partial charge >= 0.3 is 5.97 Å². The number of aryl methyl sites for hydroxylation is 1. The van der Waals surface area contributed by atoms with Gasteiger partial charge in [-0.2, -0.15) is 0 Å². The molecule has 2 N–H and O–H groups in total. The minimum atomic E-state index is -1.00. The number of hydrogen-bond acceptors (Lipinski definition) is 6. The zero-order valence-corrected chi connectivity index (χ0v) is 9.92. The van der Waals surface area contributed by atoms with Crippen LogP contribution in [0.25, 0.3) is 0 Å². The van der Waals surface area contributed by atoms with Gasteiger partial charge in [-0.25, -0.2) is 4.63 Å². The Morgan fingerprint density at radius 2 is 2.39 bits per heavy atom. The lowest BCUT2D eigenvalue weighted by Crippen LogP contribution is -2.55. The lowest BCUT2D eigenvalue weighted by Gasteiger charge is -2.33. The molecule has 8 nitrogen and oxygen atoms in total. The molecule has 8 heteroatoms. The van der Waals surface area contributed by atoms with Gasteiger partial charge in [0, 0.05) is 19.6 Å². The molecule has 98 valence electrons. The number of aromatic nitrogens is 2. The maximum Gasteiger partial charge on any atom is 0.305 e. The second-order valence-electron chi connectivity index (χ2n) is 4.17. The highest BCUT2D eigenvalue weighted by Crippen LogP contribution is 2.14. The van der Waals surface area contributed by atoms with Gasteiger partial charge in [-0.15, -0.1) is 0 Å². The highest BCUT2D eigenvalue weighted by molar-refractivity contribution is 5.86. The summed E-state index contributed by atoms with van der Waals surface area (Å²) in [5.41, 5.74) is 1.27. The van der Waals surface area contributed by atoms with E-state index in [1.54, 1.807) is 11.8 Å². The second-order valence-corrected chi connectivity index (χ2v) is 4.17. The average Bonchev–Trinajstić information content (AvgIpc) is 2.69. The number of nitrogens with one attached hydrogen (secondary N) is 1. The van der Waals surface area contributed by atoms with Gasteiger partial charge in [-0.1, -0.05) is 10.3 Å². The van der Waals surface area contributed by atoms with E-state index in [2.05, 4.69) is 20.3 Å². The van der Waals surface area contributed by atoms with Gasteiger partial charge in [-0.05, 0) is 6.92 Å². The average molecular weight is 254 g/mol. The summed E-state index contributed by atoms with van der Waals surface area (Å²) in [6.07, 6.45) is -0.226. The zero-order chi connectivity index (χ0) is 13.1. The van der Waals surface area contributed by atoms with Gasteiger partial charge in [0.05, 0.1) is 6.42 Å². The summed E-state index contributed by atoms with van der Waals surface area (Å²) in [4.78, 5) is 24.2. The third kappa shape index (κ3) is 2.65. The van der Waals surface area contributed by atoms with Crippen molar-refractivity contribution in [1.29, 1.82) is 0 Å². The number of piperazine rings is 1. The number of aliphatic carboxylic acids is 1. The lowest BCUT2D eigenvalue weighted by atomic mass is 10.1. The van der Waals surface area contributed by atoms with Gasteiger partial charge in [-0.3, -0.25) is 14.5 Å². The van der Waals surface area contributed by atoms with Crippen molar-refractivity contribution in [3.63, 3.8) is 0 Å². The summed E-state index contributed by atoms with van der Waals surface area (Å²) in [6.45, 7) is 3.19. The third-order valence-electron chi connectivity index (χ3n) is 2.91. The molecule has 18 heavy (non-hydrogen) atoms. The Hall–Kier alpha value is -1.96. The molecular weight excluding hydrogens is 240 g/mol. The van der Waals surface area contributed by atoms with Crippen LogP contribution in [0.3, 0.4) is 0 Å². The van der Waals surface area contributed by atoms with Crippen LogP contribution in [-0.2, 0) is 16.1 Å². The monoisotopic (exact) mass is 254 g/mol. The van der Waals surface area contributed by atoms with E-state index in [0.29, 0.717) is 31.0 Å². The van der Waals surface area contributed by atoms with Crippen molar-refractivity contribution >= 4 is 11.9 Å². The van der Waals surface area contributed by atoms with E-state index < -0.39 is 12.0 Å². The Labute approximate surface area is 103 Å². The maximum atomic E-state index is 11.7. The van der Waals surface area contributed by atoms with Gasteiger partial charge < -0.3 is 10.4 Å². The molecule has 1 aromatic heterocycles. The molecule has 0 radical (unpaired) electrons. The van der Waals surface area contributed by atoms with Crippen LogP contribution in [0.1, 0.15) is 17.8 Å². The molecule has 1 aromatic rings. The fourth-order valence-corrected chi connectivity index (χ4v) is 1.92. The van der Waals surface area contributed by atoms with Crippen LogP contribution in [0.5, 0.6) is 0 Å². The number of carboxylic acid groups (broad SMARTS) is 1. The Kier molecular flexibility index (Phi) is 3.56. The van der Waals surface area contributed by atoms with Crippen molar-refractivity contribution < 1.29 is 19.3 Å². The van der Waals surface area contributed by atoms with E-state index in [4.69, 9.17) is 5.11 Å². The molecule has 0 saturated carbocycles. The van der Waals surface area contributed by atoms with Crippen molar-refractivity contribution in [2.45, 2.75) is 25.9 Å². The minimum Gasteiger partial charge on any atom is -0.481 e. The van der Waals surface area contributed by atoms with Crippen molar-refractivity contribution in [1.82, 2.24) is 20.5 Å². The molecule has 2 heterocycles. The van der Waals surface area contributed by atoms with Crippen molar-refractivity contribution in [2.75, 3.05) is 13.1 Å². The number of hydrogen-bond donors (Lipinski definition) is 2. The van der Waals surface area contributed by atoms with Crippen molar-refractivity contribution in [2.24, 2.45) is 0 Å². The van der Waals surface area contributed by atoms with E-state index in [0.717, 1.165) is 0 Å². The normalized spacial score (nSPS) is 20.7. The standard InChI is InChI=1S/C10H14N4O4/c1-6-7(13-18-12-6)5-14-3-2-11-10(17)8(14)4-9(15)16/h8H,2-5H2,1H3,(H,11,17)(H,15,16). The summed E-state index contributed by atoms with van der Waals surface area (Å²) >= 11 is 0. The smallest absolute Gasteiger partial charge is 0.305 e. The van der Waals surface area contributed by atoms with Gasteiger partial charge in [0.2, 0.25) is 5.91 Å². The first-order chi connectivity index (χ1) is 8.58. The van der Waals surface area contributed by atoms with Crippen LogP contribution in [0.4, 0.5) is 0 Å². The molecular formula is C10H14N4O4. The molecule has 1 aliphatic rings. The molecule has 1 unspecified atom stereocenters. The molecule has 0 aromatic carbocycles. The summed E-state index contributed by atoms with van der Waals surface area (Å²) in [5, 5.41) is 18.9. The first-order valence-corrected chi connectivity index (χ1v) is 5.59. The van der Waals surface area contributed by atoms with Crippen molar-refractivity contribution in [3.05, 3.63) is 11.4 Å². The predicted molar refractivity (Wildman–Crippen MR) is 58.5 cm³/mol. The van der Waals surface area contributed by atoms with E-state index in [-0.39, 0.29) is 12.3 Å². The van der Waals surface area contributed by atoms with E-state index in [9.17, 15) is 9.59 Å². The lowest BCUT2D eigenvalue weighted by molar-refractivity contribution is -0.143. The van der Waals surface area contributed by atoms with Crippen LogP contribution in [-0.4, -0.2) is 51.3 Å². The van der Waals surface area contributed by atoms with Gasteiger partial charge in [0.25, 0.3) is 0 Å². The molecule has 1 saturated heterocycles. The molecule has 2 rings (SSSR count). The van der Waals surface area contributed by atoms with Crippen LogP contribution < -0.4 is 5.32 Å². The molecule has 1 fully saturated rings. The fourth-order valence-electron chi connectivity index (χ4n) is 1.92. The van der Waals surface area contributed by atoms with Crippen LogP contribution in [0.2, 0.25) is 0 Å². The summed E-state index contributed by atoms with van der Waals surface area (Å²) in [7, 11) is 0. The van der Waals surface area contributed by atoms with Crippen LogP contribution in [0, 0.1) is 6.92 Å². The molecule has 0 bridgehead atoms. The third-order valence-corrected chi connectivity index (χ3v) is 2.91. The highest BCUT2D eigenvalue weighted by Gasteiger charge is 2.32. The first kappa shape index (κ1) is 12.5. The Morgan fingerprint density at radius 3 is 3.00 bits per heavy atom. The quantitative estimate of drug-likeness (QED) is 0.720.